The maximum absolute atomic E-state index is 12.5. The van der Waals surface area contributed by atoms with Gasteiger partial charge in [-0.15, -0.1) is 21.5 Å². The van der Waals surface area contributed by atoms with Crippen molar-refractivity contribution in [1.82, 2.24) is 20.5 Å². The van der Waals surface area contributed by atoms with Gasteiger partial charge in [-0.25, -0.2) is 4.98 Å². The molecule has 1 fully saturated rings. The highest BCUT2D eigenvalue weighted by Crippen LogP contribution is 2.39. The van der Waals surface area contributed by atoms with Crippen molar-refractivity contribution >= 4 is 33.7 Å². The van der Waals surface area contributed by atoms with Crippen molar-refractivity contribution in [1.29, 1.82) is 0 Å². The Morgan fingerprint density at radius 1 is 1.36 bits per heavy atom. The van der Waals surface area contributed by atoms with Crippen molar-refractivity contribution in [3.63, 3.8) is 0 Å². The van der Waals surface area contributed by atoms with Gasteiger partial charge < -0.3 is 11.1 Å². The molecule has 118 valence electrons. The number of hydrogen-bond acceptors (Lipinski definition) is 7. The number of nitrogens with two attached hydrogens (primary N) is 1. The number of aryl methyl sites for hydroxylation is 1. The number of rotatable bonds is 4. The Morgan fingerprint density at radius 3 is 2.73 bits per heavy atom. The molecule has 0 unspecified atom stereocenters. The van der Waals surface area contributed by atoms with E-state index < -0.39 is 5.54 Å². The van der Waals surface area contributed by atoms with Crippen LogP contribution in [-0.4, -0.2) is 21.1 Å². The second-order valence-electron chi connectivity index (χ2n) is 5.67. The number of carbonyl (C=O) groups is 1. The van der Waals surface area contributed by atoms with E-state index in [9.17, 15) is 4.79 Å². The van der Waals surface area contributed by atoms with Crippen LogP contribution in [0.2, 0.25) is 0 Å². The molecule has 3 N–H and O–H groups in total. The average Bonchev–Trinajstić information content (AvgIpc) is 3.09. The smallest absolute Gasteiger partial charge is 0.226 e. The first-order chi connectivity index (χ1) is 10.6. The zero-order valence-electron chi connectivity index (χ0n) is 12.5. The van der Waals surface area contributed by atoms with Crippen LogP contribution in [0.5, 0.6) is 0 Å². The summed E-state index contributed by atoms with van der Waals surface area (Å²) in [6.45, 7) is 1.94. The number of carbonyl (C=O) groups excluding carboxylic acids is 1. The fourth-order valence-corrected chi connectivity index (χ4v) is 4.37. The summed E-state index contributed by atoms with van der Waals surface area (Å²) < 4.78 is 0. The van der Waals surface area contributed by atoms with Crippen LogP contribution in [0.3, 0.4) is 0 Å². The van der Waals surface area contributed by atoms with Gasteiger partial charge in [0.2, 0.25) is 11.0 Å². The van der Waals surface area contributed by atoms with Crippen LogP contribution in [-0.2, 0) is 16.8 Å². The Balaban J connectivity index is 1.76. The molecule has 0 aromatic carbocycles. The molecule has 0 spiro atoms. The minimum atomic E-state index is -0.407. The van der Waals surface area contributed by atoms with E-state index in [-0.39, 0.29) is 5.91 Å². The number of nitrogens with zero attached hydrogens (tertiary/aromatic N) is 3. The Hall–Kier alpha value is -1.54. The molecule has 2 heterocycles. The Morgan fingerprint density at radius 2 is 2.14 bits per heavy atom. The zero-order chi connectivity index (χ0) is 15.6. The SMILES string of the molecule is Cc1nc(CC(=O)NC2(c3nnc(N)s3)CCCCC2)cs1. The zero-order valence-corrected chi connectivity index (χ0v) is 14.1. The summed E-state index contributed by atoms with van der Waals surface area (Å²) in [6, 6.07) is 0. The first-order valence-electron chi connectivity index (χ1n) is 7.39. The quantitative estimate of drug-likeness (QED) is 0.893. The van der Waals surface area contributed by atoms with Crippen LogP contribution < -0.4 is 11.1 Å². The van der Waals surface area contributed by atoms with Crippen molar-refractivity contribution in [3.8, 4) is 0 Å². The van der Waals surface area contributed by atoms with E-state index in [0.717, 1.165) is 41.4 Å². The molecule has 6 nitrogen and oxygen atoms in total. The molecule has 2 aromatic rings. The summed E-state index contributed by atoms with van der Waals surface area (Å²) in [5.41, 5.74) is 6.14. The lowest BCUT2D eigenvalue weighted by atomic mass is 9.82. The molecule has 0 aliphatic heterocycles. The van der Waals surface area contributed by atoms with E-state index in [1.54, 1.807) is 11.3 Å². The van der Waals surface area contributed by atoms with Gasteiger partial charge in [0.25, 0.3) is 0 Å². The highest BCUT2D eigenvalue weighted by Gasteiger charge is 2.38. The number of aromatic nitrogens is 3. The van der Waals surface area contributed by atoms with Gasteiger partial charge in [-0.3, -0.25) is 4.79 Å². The third-order valence-corrected chi connectivity index (χ3v) is 5.72. The van der Waals surface area contributed by atoms with Gasteiger partial charge in [0.15, 0.2) is 0 Å². The Labute approximate surface area is 137 Å². The largest absolute Gasteiger partial charge is 0.374 e. The van der Waals surface area contributed by atoms with Crippen molar-refractivity contribution < 1.29 is 4.79 Å². The normalized spacial score (nSPS) is 17.3. The first kappa shape index (κ1) is 15.4. The number of thiazole rings is 1. The van der Waals surface area contributed by atoms with Crippen molar-refractivity contribution in [2.75, 3.05) is 5.73 Å². The summed E-state index contributed by atoms with van der Waals surface area (Å²) in [5.74, 6) is -0.0130. The van der Waals surface area contributed by atoms with E-state index in [4.69, 9.17) is 5.73 Å². The van der Waals surface area contributed by atoms with Crippen LogP contribution in [0.1, 0.15) is 47.8 Å². The predicted octanol–water partition coefficient (Wildman–Crippen LogP) is 2.40. The molecule has 0 saturated heterocycles. The molecule has 1 aliphatic carbocycles. The van der Waals surface area contributed by atoms with Gasteiger partial charge in [-0.1, -0.05) is 30.6 Å². The number of amides is 1. The molecular formula is C14H19N5OS2. The fourth-order valence-electron chi connectivity index (χ4n) is 2.94. The minimum Gasteiger partial charge on any atom is -0.374 e. The molecule has 0 radical (unpaired) electrons. The van der Waals surface area contributed by atoms with E-state index >= 15 is 0 Å². The van der Waals surface area contributed by atoms with Crippen molar-refractivity contribution in [3.05, 3.63) is 21.1 Å². The summed E-state index contributed by atoms with van der Waals surface area (Å²) in [6.07, 6.45) is 5.44. The van der Waals surface area contributed by atoms with E-state index in [1.807, 2.05) is 12.3 Å². The molecule has 1 amide bonds. The van der Waals surface area contributed by atoms with E-state index in [0.29, 0.717) is 11.6 Å². The molecule has 22 heavy (non-hydrogen) atoms. The standard InChI is InChI=1S/C14H19N5OS2/c1-9-16-10(8-21-9)7-11(20)17-14(5-3-2-4-6-14)12-18-19-13(15)22-12/h8H,2-7H2,1H3,(H2,15,19)(H,17,20). The molecule has 2 aromatic heterocycles. The maximum atomic E-state index is 12.5. The van der Waals surface area contributed by atoms with Crippen LogP contribution in [0.4, 0.5) is 5.13 Å². The monoisotopic (exact) mass is 337 g/mol. The molecule has 1 saturated carbocycles. The average molecular weight is 337 g/mol. The van der Waals surface area contributed by atoms with Gasteiger partial charge in [0.1, 0.15) is 5.01 Å². The summed E-state index contributed by atoms with van der Waals surface area (Å²) in [4.78, 5) is 16.8. The highest BCUT2D eigenvalue weighted by molar-refractivity contribution is 7.15. The lowest BCUT2D eigenvalue weighted by Gasteiger charge is -2.35. The van der Waals surface area contributed by atoms with Crippen LogP contribution in [0.25, 0.3) is 0 Å². The number of nitrogens with one attached hydrogen (secondary N) is 1. The lowest BCUT2D eigenvalue weighted by Crippen LogP contribution is -2.47. The topological polar surface area (TPSA) is 93.8 Å². The maximum Gasteiger partial charge on any atom is 0.226 e. The number of hydrogen-bond donors (Lipinski definition) is 2. The number of nitrogen functional groups attached to an aromatic ring is 1. The molecule has 0 bridgehead atoms. The van der Waals surface area contributed by atoms with E-state index in [2.05, 4.69) is 20.5 Å². The van der Waals surface area contributed by atoms with Crippen LogP contribution in [0, 0.1) is 6.92 Å². The molecular weight excluding hydrogens is 318 g/mol. The Bertz CT molecular complexity index is 660. The molecule has 8 heteroatoms. The molecule has 1 aliphatic rings. The van der Waals surface area contributed by atoms with Gasteiger partial charge in [0, 0.05) is 5.38 Å². The third kappa shape index (κ3) is 3.27. The van der Waals surface area contributed by atoms with Gasteiger partial charge in [0.05, 0.1) is 22.7 Å². The van der Waals surface area contributed by atoms with E-state index in [1.165, 1.54) is 17.8 Å². The summed E-state index contributed by atoms with van der Waals surface area (Å²) >= 11 is 2.94. The predicted molar refractivity (Wildman–Crippen MR) is 87.8 cm³/mol. The Kier molecular flexibility index (Phi) is 4.39. The second kappa shape index (κ2) is 6.29. The van der Waals surface area contributed by atoms with Gasteiger partial charge in [-0.2, -0.15) is 0 Å². The summed E-state index contributed by atoms with van der Waals surface area (Å²) in [7, 11) is 0. The molecule has 3 rings (SSSR count). The van der Waals surface area contributed by atoms with Crippen molar-refractivity contribution in [2.24, 2.45) is 0 Å². The van der Waals surface area contributed by atoms with Crippen LogP contribution in [0.15, 0.2) is 5.38 Å². The third-order valence-electron chi connectivity index (χ3n) is 3.94. The minimum absolute atomic E-state index is 0.0130. The molecule has 0 atom stereocenters. The second-order valence-corrected chi connectivity index (χ2v) is 7.74. The van der Waals surface area contributed by atoms with Crippen molar-refractivity contribution in [2.45, 2.75) is 51.0 Å². The lowest BCUT2D eigenvalue weighted by molar-refractivity contribution is -0.123. The summed E-state index contributed by atoms with van der Waals surface area (Å²) in [5, 5.41) is 15.5. The number of anilines is 1. The van der Waals surface area contributed by atoms with Gasteiger partial charge >= 0.3 is 0 Å². The van der Waals surface area contributed by atoms with Crippen LogP contribution >= 0.6 is 22.7 Å². The highest BCUT2D eigenvalue weighted by atomic mass is 32.1. The van der Waals surface area contributed by atoms with Gasteiger partial charge in [-0.05, 0) is 19.8 Å². The first-order valence-corrected chi connectivity index (χ1v) is 9.08. The fraction of sp³-hybridized carbons (Fsp3) is 0.571.